The summed E-state index contributed by atoms with van der Waals surface area (Å²) in [6.07, 6.45) is 0.648. The summed E-state index contributed by atoms with van der Waals surface area (Å²) in [6.45, 7) is 12.0. The fourth-order valence-corrected chi connectivity index (χ4v) is 3.40. The van der Waals surface area contributed by atoms with E-state index in [1.807, 2.05) is 44.7 Å². The monoisotopic (exact) mass is 354 g/mol. The van der Waals surface area contributed by atoms with Crippen LogP contribution in [0, 0.1) is 12.3 Å². The number of carbonyl (C=O) groups excluding carboxylic acids is 1. The summed E-state index contributed by atoms with van der Waals surface area (Å²) in [5, 5.41) is 0. The first-order chi connectivity index (χ1) is 10.8. The minimum absolute atomic E-state index is 0. The Labute approximate surface area is 152 Å². The van der Waals surface area contributed by atoms with Gasteiger partial charge in [0, 0.05) is 31.5 Å². The van der Waals surface area contributed by atoms with Crippen molar-refractivity contribution in [3.63, 3.8) is 0 Å². The Morgan fingerprint density at radius 1 is 1.33 bits per heavy atom. The summed E-state index contributed by atoms with van der Waals surface area (Å²) in [6, 6.07) is 8.17. The summed E-state index contributed by atoms with van der Waals surface area (Å²) in [4.78, 5) is 15.0. The third-order valence-electron chi connectivity index (χ3n) is 5.50. The first kappa shape index (κ1) is 20.9. The van der Waals surface area contributed by atoms with Crippen molar-refractivity contribution in [2.45, 2.75) is 59.2 Å². The van der Waals surface area contributed by atoms with Crippen LogP contribution < -0.4 is 5.73 Å². The van der Waals surface area contributed by atoms with Crippen LogP contribution in [0.2, 0.25) is 0 Å². The molecule has 0 heterocycles. The van der Waals surface area contributed by atoms with E-state index in [1.165, 1.54) is 11.1 Å². The molecule has 2 rings (SSSR count). The average molecular weight is 355 g/mol. The number of likely N-dealkylation sites (N-methyl/N-ethyl adjacent to an activating group) is 1. The van der Waals surface area contributed by atoms with Crippen molar-refractivity contribution >= 4 is 18.3 Å². The lowest BCUT2D eigenvalue weighted by Crippen LogP contribution is -2.76. The maximum absolute atomic E-state index is 13.1. The number of hydrogen-bond acceptors (Lipinski definition) is 3. The number of benzene rings is 1. The Hall–Kier alpha value is -1.10. The molecule has 0 saturated heterocycles. The Balaban J connectivity index is 0.00000288. The third-order valence-corrected chi connectivity index (χ3v) is 5.50. The predicted molar refractivity (Wildman–Crippen MR) is 100 cm³/mol. The van der Waals surface area contributed by atoms with Crippen LogP contribution in [0.3, 0.4) is 0 Å². The molecular weight excluding hydrogens is 324 g/mol. The second-order valence-electron chi connectivity index (χ2n) is 7.09. The first-order valence-corrected chi connectivity index (χ1v) is 8.52. The van der Waals surface area contributed by atoms with Crippen LogP contribution >= 0.6 is 12.4 Å². The van der Waals surface area contributed by atoms with E-state index in [9.17, 15) is 4.79 Å². The molecule has 1 aromatic carbocycles. The molecule has 136 valence electrons. The van der Waals surface area contributed by atoms with Crippen molar-refractivity contribution in [1.82, 2.24) is 4.90 Å². The maximum atomic E-state index is 13.1. The van der Waals surface area contributed by atoms with Gasteiger partial charge in [0.2, 0.25) is 5.91 Å². The van der Waals surface area contributed by atoms with E-state index in [-0.39, 0.29) is 29.8 Å². The van der Waals surface area contributed by atoms with Crippen molar-refractivity contribution in [1.29, 1.82) is 0 Å². The topological polar surface area (TPSA) is 55.6 Å². The smallest absolute Gasteiger partial charge is 0.243 e. The fourth-order valence-electron chi connectivity index (χ4n) is 3.40. The van der Waals surface area contributed by atoms with Crippen LogP contribution in [0.1, 0.15) is 45.2 Å². The lowest BCUT2D eigenvalue weighted by Gasteiger charge is -2.58. The number of ether oxygens (including phenoxy) is 1. The van der Waals surface area contributed by atoms with Gasteiger partial charge >= 0.3 is 0 Å². The molecule has 24 heavy (non-hydrogen) atoms. The van der Waals surface area contributed by atoms with Gasteiger partial charge in [-0.15, -0.1) is 12.4 Å². The standard InChI is InChI=1S/C19H30N2O2.ClH/c1-6-21(13-15-11-9-8-10-14(15)3)17(22)19(20)12-16(23-7-2)18(19,4)5;/h8-11,16H,6-7,12-13,20H2,1-5H3;1H. The van der Waals surface area contributed by atoms with Gasteiger partial charge in [-0.1, -0.05) is 38.1 Å². The van der Waals surface area contributed by atoms with Gasteiger partial charge in [-0.05, 0) is 31.9 Å². The maximum Gasteiger partial charge on any atom is 0.243 e. The molecule has 5 heteroatoms. The van der Waals surface area contributed by atoms with Gasteiger partial charge in [-0.3, -0.25) is 4.79 Å². The molecule has 2 atom stereocenters. The number of carbonyl (C=O) groups is 1. The molecular formula is C19H31ClN2O2. The highest BCUT2D eigenvalue weighted by molar-refractivity contribution is 5.89. The molecule has 1 aliphatic rings. The molecule has 4 nitrogen and oxygen atoms in total. The van der Waals surface area contributed by atoms with E-state index in [0.29, 0.717) is 26.1 Å². The van der Waals surface area contributed by atoms with E-state index in [2.05, 4.69) is 19.1 Å². The Kier molecular flexibility index (Phi) is 6.85. The van der Waals surface area contributed by atoms with Crippen LogP contribution in [-0.2, 0) is 16.1 Å². The lowest BCUT2D eigenvalue weighted by molar-refractivity contribution is -0.179. The molecule has 2 unspecified atom stereocenters. The molecule has 1 saturated carbocycles. The average Bonchev–Trinajstić information content (AvgIpc) is 2.53. The number of rotatable bonds is 6. The number of nitrogens with two attached hydrogens (primary N) is 1. The van der Waals surface area contributed by atoms with Gasteiger partial charge in [0.1, 0.15) is 5.54 Å². The number of aryl methyl sites for hydroxylation is 1. The van der Waals surface area contributed by atoms with Crippen LogP contribution in [0.25, 0.3) is 0 Å². The third kappa shape index (κ3) is 3.46. The Morgan fingerprint density at radius 2 is 1.96 bits per heavy atom. The number of hydrogen-bond donors (Lipinski definition) is 1. The number of amides is 1. The van der Waals surface area contributed by atoms with E-state index in [0.717, 1.165) is 0 Å². The highest BCUT2D eigenvalue weighted by atomic mass is 35.5. The van der Waals surface area contributed by atoms with Gasteiger partial charge in [0.25, 0.3) is 0 Å². The minimum atomic E-state index is -0.842. The fraction of sp³-hybridized carbons (Fsp3) is 0.632. The molecule has 0 bridgehead atoms. The highest BCUT2D eigenvalue weighted by Crippen LogP contribution is 2.50. The molecule has 0 spiro atoms. The second kappa shape index (κ2) is 7.85. The molecule has 0 radical (unpaired) electrons. The number of halogens is 1. The van der Waals surface area contributed by atoms with Crippen molar-refractivity contribution in [2.24, 2.45) is 11.1 Å². The zero-order valence-electron chi connectivity index (χ0n) is 15.5. The van der Waals surface area contributed by atoms with Gasteiger partial charge in [-0.25, -0.2) is 0 Å². The zero-order chi connectivity index (χ0) is 17.3. The van der Waals surface area contributed by atoms with Gasteiger partial charge in [-0.2, -0.15) is 0 Å². The van der Waals surface area contributed by atoms with Crippen molar-refractivity contribution in [2.75, 3.05) is 13.2 Å². The Bertz CT molecular complexity index is 576. The van der Waals surface area contributed by atoms with Crippen LogP contribution in [-0.4, -0.2) is 35.6 Å². The molecule has 0 aliphatic heterocycles. The van der Waals surface area contributed by atoms with E-state index >= 15 is 0 Å². The van der Waals surface area contributed by atoms with Crippen molar-refractivity contribution < 1.29 is 9.53 Å². The van der Waals surface area contributed by atoms with Gasteiger partial charge in [0.05, 0.1) is 6.10 Å². The lowest BCUT2D eigenvalue weighted by atomic mass is 9.54. The Morgan fingerprint density at radius 3 is 2.46 bits per heavy atom. The van der Waals surface area contributed by atoms with Crippen LogP contribution in [0.5, 0.6) is 0 Å². The summed E-state index contributed by atoms with van der Waals surface area (Å²) in [5.41, 5.74) is 7.72. The number of nitrogens with zero attached hydrogens (tertiary/aromatic N) is 1. The second-order valence-corrected chi connectivity index (χ2v) is 7.09. The molecule has 0 aromatic heterocycles. The van der Waals surface area contributed by atoms with E-state index in [1.54, 1.807) is 0 Å². The molecule has 1 aliphatic carbocycles. The normalized spacial score (nSPS) is 24.7. The molecule has 1 amide bonds. The predicted octanol–water partition coefficient (Wildman–Crippen LogP) is 3.30. The van der Waals surface area contributed by atoms with Crippen LogP contribution in [0.15, 0.2) is 24.3 Å². The van der Waals surface area contributed by atoms with E-state index in [4.69, 9.17) is 10.5 Å². The molecule has 1 fully saturated rings. The van der Waals surface area contributed by atoms with Crippen molar-refractivity contribution in [3.05, 3.63) is 35.4 Å². The zero-order valence-corrected chi connectivity index (χ0v) is 16.3. The van der Waals surface area contributed by atoms with Gasteiger partial charge < -0.3 is 15.4 Å². The molecule has 2 N–H and O–H groups in total. The highest BCUT2D eigenvalue weighted by Gasteiger charge is 2.63. The SMILES string of the molecule is CCOC1CC(N)(C(=O)N(CC)Cc2ccccc2C)C1(C)C.Cl. The van der Waals surface area contributed by atoms with Crippen LogP contribution in [0.4, 0.5) is 0 Å². The van der Waals surface area contributed by atoms with Gasteiger partial charge in [0.15, 0.2) is 0 Å². The largest absolute Gasteiger partial charge is 0.378 e. The minimum Gasteiger partial charge on any atom is -0.378 e. The summed E-state index contributed by atoms with van der Waals surface area (Å²) < 4.78 is 5.74. The van der Waals surface area contributed by atoms with Crippen molar-refractivity contribution in [3.8, 4) is 0 Å². The quantitative estimate of drug-likeness (QED) is 0.852. The molecule has 1 aromatic rings. The summed E-state index contributed by atoms with van der Waals surface area (Å²) in [5.74, 6) is 0.0317. The first-order valence-electron chi connectivity index (χ1n) is 8.52. The summed E-state index contributed by atoms with van der Waals surface area (Å²) in [7, 11) is 0. The summed E-state index contributed by atoms with van der Waals surface area (Å²) >= 11 is 0. The van der Waals surface area contributed by atoms with E-state index < -0.39 is 5.54 Å².